The van der Waals surface area contributed by atoms with Crippen molar-refractivity contribution in [3.8, 4) is 11.5 Å². The lowest BCUT2D eigenvalue weighted by Crippen LogP contribution is -2.35. The van der Waals surface area contributed by atoms with Gasteiger partial charge in [0.15, 0.2) is 18.1 Å². The molecule has 1 aliphatic rings. The van der Waals surface area contributed by atoms with Gasteiger partial charge in [0.2, 0.25) is 0 Å². The molecule has 3 rings (SSSR count). The van der Waals surface area contributed by atoms with Gasteiger partial charge in [-0.15, -0.1) is 0 Å². The molecule has 7 heteroatoms. The Bertz CT molecular complexity index is 828. The highest BCUT2D eigenvalue weighted by Crippen LogP contribution is 2.34. The number of aryl methyl sites for hydroxylation is 1. The predicted molar refractivity (Wildman–Crippen MR) is 98.8 cm³/mol. The van der Waals surface area contributed by atoms with Crippen molar-refractivity contribution in [1.82, 2.24) is 9.88 Å². The summed E-state index contributed by atoms with van der Waals surface area (Å²) in [6.07, 6.45) is 1.74. The van der Waals surface area contributed by atoms with Crippen molar-refractivity contribution in [2.45, 2.75) is 19.9 Å². The van der Waals surface area contributed by atoms with Crippen LogP contribution in [0.1, 0.15) is 35.9 Å². The maximum absolute atomic E-state index is 12.3. The fourth-order valence-electron chi connectivity index (χ4n) is 2.98. The Hall–Kier alpha value is -2.96. The monoisotopic (exact) mass is 372 g/mol. The minimum atomic E-state index is -0.530. The molecule has 0 fully saturated rings. The van der Waals surface area contributed by atoms with E-state index in [1.165, 1.54) is 0 Å². The Morgan fingerprint density at radius 2 is 1.93 bits per heavy atom. The fourth-order valence-corrected chi connectivity index (χ4v) is 2.98. The summed E-state index contributed by atoms with van der Waals surface area (Å²) in [6, 6.07) is 8.80. The molecule has 1 amide bonds. The van der Waals surface area contributed by atoms with Crippen molar-refractivity contribution in [1.29, 1.82) is 0 Å². The molecule has 1 N–H and O–H groups in total. The van der Waals surface area contributed by atoms with Gasteiger partial charge in [0.25, 0.3) is 5.91 Å². The smallest absolute Gasteiger partial charge is 0.355 e. The molecule has 0 radical (unpaired) electrons. The quantitative estimate of drug-likeness (QED) is 0.788. The van der Waals surface area contributed by atoms with Crippen LogP contribution in [0.25, 0.3) is 0 Å². The second kappa shape index (κ2) is 8.16. The number of ether oxygens (including phenoxy) is 3. The number of hydrogen-bond donors (Lipinski definition) is 1. The highest BCUT2D eigenvalue weighted by Gasteiger charge is 2.22. The first-order valence-electron chi connectivity index (χ1n) is 8.93. The normalized spacial score (nSPS) is 13.9. The number of rotatable bonds is 6. The molecule has 0 unspecified atom stereocenters. The summed E-state index contributed by atoms with van der Waals surface area (Å²) in [5.41, 5.74) is 1.31. The minimum Gasteiger partial charge on any atom is -0.486 e. The molecule has 0 saturated carbocycles. The third-order valence-corrected chi connectivity index (χ3v) is 4.40. The molecule has 2 heterocycles. The predicted octanol–water partition coefficient (Wildman–Crippen LogP) is 2.47. The van der Waals surface area contributed by atoms with Crippen LogP contribution in [0.5, 0.6) is 11.5 Å². The second-order valence-electron chi connectivity index (χ2n) is 6.77. The van der Waals surface area contributed by atoms with Crippen LogP contribution >= 0.6 is 0 Å². The first kappa shape index (κ1) is 18.8. The molecule has 1 aromatic heterocycles. The van der Waals surface area contributed by atoms with Crippen molar-refractivity contribution in [3.05, 3.63) is 47.8 Å². The molecule has 1 aliphatic heterocycles. The molecule has 2 aromatic rings. The number of nitrogens with zero attached hydrogens (tertiary/aromatic N) is 1. The lowest BCUT2D eigenvalue weighted by atomic mass is 9.95. The van der Waals surface area contributed by atoms with Crippen LogP contribution in [0.4, 0.5) is 0 Å². The van der Waals surface area contributed by atoms with E-state index in [9.17, 15) is 9.59 Å². The summed E-state index contributed by atoms with van der Waals surface area (Å²) in [7, 11) is 1.74. The van der Waals surface area contributed by atoms with E-state index in [4.69, 9.17) is 14.2 Å². The van der Waals surface area contributed by atoms with Gasteiger partial charge in [-0.3, -0.25) is 4.79 Å². The number of benzene rings is 1. The van der Waals surface area contributed by atoms with E-state index in [1.807, 2.05) is 32.0 Å². The van der Waals surface area contributed by atoms with Gasteiger partial charge in [-0.1, -0.05) is 19.9 Å². The number of carbonyl (C=O) groups is 2. The van der Waals surface area contributed by atoms with Crippen LogP contribution in [-0.2, 0) is 16.6 Å². The van der Waals surface area contributed by atoms with E-state index >= 15 is 0 Å². The molecule has 1 atom stereocenters. The third kappa shape index (κ3) is 4.42. The second-order valence-corrected chi connectivity index (χ2v) is 6.77. The number of aromatic nitrogens is 1. The first-order chi connectivity index (χ1) is 13.0. The average molecular weight is 372 g/mol. The first-order valence-corrected chi connectivity index (χ1v) is 8.93. The number of fused-ring (bicyclic) bond motifs is 1. The van der Waals surface area contributed by atoms with Gasteiger partial charge in [-0.2, -0.15) is 0 Å². The molecule has 7 nitrogen and oxygen atoms in total. The summed E-state index contributed by atoms with van der Waals surface area (Å²) in [5, 5.41) is 2.94. The van der Waals surface area contributed by atoms with Crippen LogP contribution in [0.3, 0.4) is 0 Å². The third-order valence-electron chi connectivity index (χ3n) is 4.40. The molecule has 0 aliphatic carbocycles. The summed E-state index contributed by atoms with van der Waals surface area (Å²) in [5.74, 6) is 0.633. The molecular formula is C20H24N2O5. The minimum absolute atomic E-state index is 0.139. The number of esters is 1. The zero-order valence-electron chi connectivity index (χ0n) is 15.7. The summed E-state index contributed by atoms with van der Waals surface area (Å²) in [6.45, 7) is 4.72. The van der Waals surface area contributed by atoms with Gasteiger partial charge in [0.1, 0.15) is 18.9 Å². The van der Waals surface area contributed by atoms with Gasteiger partial charge < -0.3 is 24.1 Å². The van der Waals surface area contributed by atoms with Gasteiger partial charge in [0.05, 0.1) is 6.04 Å². The van der Waals surface area contributed by atoms with Crippen molar-refractivity contribution in [3.63, 3.8) is 0 Å². The zero-order valence-corrected chi connectivity index (χ0v) is 15.7. The summed E-state index contributed by atoms with van der Waals surface area (Å²) in [4.78, 5) is 24.4. The molecule has 0 saturated heterocycles. The van der Waals surface area contributed by atoms with Gasteiger partial charge >= 0.3 is 5.97 Å². The lowest BCUT2D eigenvalue weighted by Gasteiger charge is -2.25. The standard InChI is InChI=1S/C20H24N2O5/c1-13(2)19(14-6-7-16-17(11-14)26-10-9-25-16)21-18(23)12-27-20(24)15-5-4-8-22(15)3/h4-8,11,13,19H,9-10,12H2,1-3H3,(H,21,23)/t19-/m0/s1. The van der Waals surface area contributed by atoms with Crippen molar-refractivity contribution >= 4 is 11.9 Å². The largest absolute Gasteiger partial charge is 0.486 e. The van der Waals surface area contributed by atoms with E-state index in [2.05, 4.69) is 5.32 Å². The highest BCUT2D eigenvalue weighted by molar-refractivity contribution is 5.90. The Morgan fingerprint density at radius 3 is 2.59 bits per heavy atom. The van der Waals surface area contributed by atoms with Crippen LogP contribution in [0, 0.1) is 5.92 Å². The van der Waals surface area contributed by atoms with Crippen molar-refractivity contribution in [2.75, 3.05) is 19.8 Å². The van der Waals surface area contributed by atoms with Crippen LogP contribution < -0.4 is 14.8 Å². The van der Waals surface area contributed by atoms with Crippen LogP contribution in [-0.4, -0.2) is 36.3 Å². The summed E-state index contributed by atoms with van der Waals surface area (Å²) >= 11 is 0. The Labute approximate surface area is 158 Å². The highest BCUT2D eigenvalue weighted by atomic mass is 16.6. The Balaban J connectivity index is 1.63. The maximum Gasteiger partial charge on any atom is 0.355 e. The van der Waals surface area contributed by atoms with E-state index in [0.717, 1.165) is 5.56 Å². The summed E-state index contributed by atoms with van der Waals surface area (Å²) < 4.78 is 17.9. The number of amides is 1. The van der Waals surface area contributed by atoms with Gasteiger partial charge in [0, 0.05) is 13.2 Å². The van der Waals surface area contributed by atoms with Crippen LogP contribution in [0.15, 0.2) is 36.5 Å². The van der Waals surface area contributed by atoms with Gasteiger partial charge in [-0.05, 0) is 35.7 Å². The van der Waals surface area contributed by atoms with E-state index in [1.54, 1.807) is 29.9 Å². The molecule has 27 heavy (non-hydrogen) atoms. The van der Waals surface area contributed by atoms with Gasteiger partial charge in [-0.25, -0.2) is 4.79 Å². The molecular weight excluding hydrogens is 348 g/mol. The van der Waals surface area contributed by atoms with E-state index in [-0.39, 0.29) is 24.5 Å². The van der Waals surface area contributed by atoms with Crippen molar-refractivity contribution < 1.29 is 23.8 Å². The average Bonchev–Trinajstić information content (AvgIpc) is 3.09. The maximum atomic E-state index is 12.3. The zero-order chi connectivity index (χ0) is 19.4. The number of carbonyl (C=O) groups excluding carboxylic acids is 2. The van der Waals surface area contributed by atoms with Crippen molar-refractivity contribution in [2.24, 2.45) is 13.0 Å². The molecule has 0 bridgehead atoms. The molecule has 1 aromatic carbocycles. The van der Waals surface area contributed by atoms with Crippen LogP contribution in [0.2, 0.25) is 0 Å². The number of hydrogen-bond acceptors (Lipinski definition) is 5. The number of nitrogens with one attached hydrogen (secondary N) is 1. The fraction of sp³-hybridized carbons (Fsp3) is 0.400. The Morgan fingerprint density at radius 1 is 1.19 bits per heavy atom. The molecule has 144 valence electrons. The van der Waals surface area contributed by atoms with E-state index in [0.29, 0.717) is 30.4 Å². The lowest BCUT2D eigenvalue weighted by molar-refractivity contribution is -0.125. The van der Waals surface area contributed by atoms with E-state index < -0.39 is 5.97 Å². The SMILES string of the molecule is CC(C)[C@H](NC(=O)COC(=O)c1cccn1C)c1ccc2c(c1)OCCO2. The molecule has 0 spiro atoms. The topological polar surface area (TPSA) is 78.8 Å². The Kier molecular flexibility index (Phi) is 5.69.